The van der Waals surface area contributed by atoms with Crippen LogP contribution in [0, 0.1) is 0 Å². The Morgan fingerprint density at radius 2 is 2.00 bits per heavy atom. The minimum Gasteiger partial charge on any atom is -0.394 e. The van der Waals surface area contributed by atoms with E-state index in [2.05, 4.69) is 6.58 Å². The Morgan fingerprint density at radius 1 is 1.50 bits per heavy atom. The lowest BCUT2D eigenvalue weighted by molar-refractivity contribution is -0.140. The minimum absolute atomic E-state index is 0.223. The van der Waals surface area contributed by atoms with Gasteiger partial charge in [0.15, 0.2) is 0 Å². The summed E-state index contributed by atoms with van der Waals surface area (Å²) in [5.41, 5.74) is 0. The molecule has 1 unspecified atom stereocenters. The van der Waals surface area contributed by atoms with E-state index in [1.54, 1.807) is 0 Å². The average molecular weight is 169 g/mol. The zero-order chi connectivity index (χ0) is 9.14. The van der Waals surface area contributed by atoms with Gasteiger partial charge in [-0.2, -0.15) is 0 Å². The van der Waals surface area contributed by atoms with E-state index in [4.69, 9.17) is 5.11 Å². The molecule has 4 nitrogen and oxygen atoms in total. The van der Waals surface area contributed by atoms with E-state index in [0.29, 0.717) is 0 Å². The molecule has 0 aromatic rings. The van der Waals surface area contributed by atoms with Crippen molar-refractivity contribution in [3.8, 4) is 0 Å². The van der Waals surface area contributed by atoms with Crippen molar-refractivity contribution in [2.45, 2.75) is 18.9 Å². The highest BCUT2D eigenvalue weighted by Gasteiger charge is 2.32. The van der Waals surface area contributed by atoms with Gasteiger partial charge in [-0.1, -0.05) is 6.08 Å². The lowest BCUT2D eigenvalue weighted by Crippen LogP contribution is -2.40. The SMILES string of the molecule is C=CC(CO)N1C(=O)CCC1=O. The van der Waals surface area contributed by atoms with Gasteiger partial charge in [0.05, 0.1) is 12.6 Å². The smallest absolute Gasteiger partial charge is 0.230 e. The quantitative estimate of drug-likeness (QED) is 0.465. The summed E-state index contributed by atoms with van der Waals surface area (Å²) < 4.78 is 0. The molecular weight excluding hydrogens is 158 g/mol. The van der Waals surface area contributed by atoms with E-state index in [9.17, 15) is 9.59 Å². The van der Waals surface area contributed by atoms with Crippen molar-refractivity contribution in [2.24, 2.45) is 0 Å². The third kappa shape index (κ3) is 1.38. The second kappa shape index (κ2) is 3.49. The van der Waals surface area contributed by atoms with Crippen LogP contribution in [0.25, 0.3) is 0 Å². The molecule has 4 heteroatoms. The van der Waals surface area contributed by atoms with Crippen LogP contribution >= 0.6 is 0 Å². The first-order chi connectivity index (χ1) is 5.70. The summed E-state index contributed by atoms with van der Waals surface area (Å²) in [6.07, 6.45) is 1.91. The van der Waals surface area contributed by atoms with Crippen LogP contribution < -0.4 is 0 Å². The molecule has 1 rings (SSSR count). The van der Waals surface area contributed by atoms with Gasteiger partial charge in [-0.3, -0.25) is 14.5 Å². The summed E-state index contributed by atoms with van der Waals surface area (Å²) in [5.74, 6) is -0.446. The number of hydrogen-bond acceptors (Lipinski definition) is 3. The lowest BCUT2D eigenvalue weighted by Gasteiger charge is -2.20. The zero-order valence-corrected chi connectivity index (χ0v) is 6.69. The number of rotatable bonds is 3. The minimum atomic E-state index is -0.549. The Bertz CT molecular complexity index is 208. The highest BCUT2D eigenvalue weighted by atomic mass is 16.3. The maximum absolute atomic E-state index is 11.1. The molecule has 0 aromatic carbocycles. The van der Waals surface area contributed by atoms with Gasteiger partial charge < -0.3 is 5.11 Å². The number of nitrogens with zero attached hydrogens (tertiary/aromatic N) is 1. The van der Waals surface area contributed by atoms with Crippen molar-refractivity contribution < 1.29 is 14.7 Å². The number of imide groups is 1. The van der Waals surface area contributed by atoms with Crippen LogP contribution in [0.1, 0.15) is 12.8 Å². The zero-order valence-electron chi connectivity index (χ0n) is 6.69. The monoisotopic (exact) mass is 169 g/mol. The van der Waals surface area contributed by atoms with Gasteiger partial charge in [0, 0.05) is 12.8 Å². The predicted octanol–water partition coefficient (Wildman–Crippen LogP) is -0.318. The first-order valence-corrected chi connectivity index (χ1v) is 3.79. The Hall–Kier alpha value is -1.16. The predicted molar refractivity (Wildman–Crippen MR) is 42.2 cm³/mol. The number of amides is 2. The van der Waals surface area contributed by atoms with Crippen molar-refractivity contribution in [2.75, 3.05) is 6.61 Å². The van der Waals surface area contributed by atoms with Crippen LogP contribution in [-0.4, -0.2) is 34.5 Å². The molecule has 0 spiro atoms. The van der Waals surface area contributed by atoms with Crippen LogP contribution in [0.4, 0.5) is 0 Å². The molecule has 12 heavy (non-hydrogen) atoms. The molecule has 66 valence electrons. The molecular formula is C8H11NO3. The molecule has 1 heterocycles. The van der Waals surface area contributed by atoms with Gasteiger partial charge in [0.1, 0.15) is 0 Å². The van der Waals surface area contributed by atoms with Crippen LogP contribution in [0.2, 0.25) is 0 Å². The van der Waals surface area contributed by atoms with Gasteiger partial charge in [-0.15, -0.1) is 6.58 Å². The van der Waals surface area contributed by atoms with Crippen molar-refractivity contribution in [3.63, 3.8) is 0 Å². The number of aliphatic hydroxyl groups is 1. The first kappa shape index (κ1) is 8.93. The van der Waals surface area contributed by atoms with Crippen molar-refractivity contribution in [3.05, 3.63) is 12.7 Å². The molecule has 1 fully saturated rings. The Labute approximate surface area is 70.5 Å². The largest absolute Gasteiger partial charge is 0.394 e. The molecule has 1 saturated heterocycles. The molecule has 1 atom stereocenters. The molecule has 2 amide bonds. The van der Waals surface area contributed by atoms with Crippen molar-refractivity contribution >= 4 is 11.8 Å². The fourth-order valence-electron chi connectivity index (χ4n) is 1.23. The summed E-state index contributed by atoms with van der Waals surface area (Å²) in [4.78, 5) is 23.3. The van der Waals surface area contributed by atoms with Crippen LogP contribution in [0.15, 0.2) is 12.7 Å². The molecule has 1 aliphatic rings. The Balaban J connectivity index is 2.76. The number of carbonyl (C=O) groups is 2. The summed E-state index contributed by atoms with van der Waals surface area (Å²) in [7, 11) is 0. The standard InChI is InChI=1S/C8H11NO3/c1-2-6(5-10)9-7(11)3-4-8(9)12/h2,6,10H,1,3-5H2. The summed E-state index contributed by atoms with van der Waals surface area (Å²) in [5, 5.41) is 8.80. The average Bonchev–Trinajstić information content (AvgIpc) is 2.38. The first-order valence-electron chi connectivity index (χ1n) is 3.79. The van der Waals surface area contributed by atoms with Gasteiger partial charge >= 0.3 is 0 Å². The molecule has 0 radical (unpaired) electrons. The van der Waals surface area contributed by atoms with Crippen molar-refractivity contribution in [1.82, 2.24) is 4.90 Å². The van der Waals surface area contributed by atoms with E-state index >= 15 is 0 Å². The summed E-state index contributed by atoms with van der Waals surface area (Å²) >= 11 is 0. The molecule has 0 aromatic heterocycles. The summed E-state index contributed by atoms with van der Waals surface area (Å²) in [6, 6.07) is -0.549. The maximum atomic E-state index is 11.1. The molecule has 1 aliphatic heterocycles. The van der Waals surface area contributed by atoms with Gasteiger partial charge in [-0.25, -0.2) is 0 Å². The molecule has 0 saturated carbocycles. The Morgan fingerprint density at radius 3 is 2.33 bits per heavy atom. The molecule has 1 N–H and O–H groups in total. The van der Waals surface area contributed by atoms with Gasteiger partial charge in [0.25, 0.3) is 0 Å². The molecule has 0 aliphatic carbocycles. The molecule has 0 bridgehead atoms. The number of hydrogen-bond donors (Lipinski definition) is 1. The van der Waals surface area contributed by atoms with E-state index in [0.717, 1.165) is 4.90 Å². The van der Waals surface area contributed by atoms with Crippen molar-refractivity contribution in [1.29, 1.82) is 0 Å². The third-order valence-corrected chi connectivity index (χ3v) is 1.88. The number of carbonyl (C=O) groups excluding carboxylic acids is 2. The third-order valence-electron chi connectivity index (χ3n) is 1.88. The number of likely N-dealkylation sites (tertiary alicyclic amines) is 1. The maximum Gasteiger partial charge on any atom is 0.230 e. The fraction of sp³-hybridized carbons (Fsp3) is 0.500. The number of aliphatic hydroxyl groups excluding tert-OH is 1. The highest BCUT2D eigenvalue weighted by molar-refractivity contribution is 6.02. The normalized spacial score (nSPS) is 19.9. The van der Waals surface area contributed by atoms with Crippen LogP contribution in [-0.2, 0) is 9.59 Å². The van der Waals surface area contributed by atoms with Crippen LogP contribution in [0.3, 0.4) is 0 Å². The Kier molecular flexibility index (Phi) is 2.60. The topological polar surface area (TPSA) is 57.6 Å². The van der Waals surface area contributed by atoms with Gasteiger partial charge in [0.2, 0.25) is 11.8 Å². The second-order valence-electron chi connectivity index (χ2n) is 2.64. The second-order valence-corrected chi connectivity index (χ2v) is 2.64. The van der Waals surface area contributed by atoms with Gasteiger partial charge in [-0.05, 0) is 0 Å². The lowest BCUT2D eigenvalue weighted by atomic mass is 10.3. The van der Waals surface area contributed by atoms with E-state index < -0.39 is 6.04 Å². The van der Waals surface area contributed by atoms with E-state index in [1.165, 1.54) is 6.08 Å². The fourth-order valence-corrected chi connectivity index (χ4v) is 1.23. The van der Waals surface area contributed by atoms with E-state index in [-0.39, 0.29) is 31.3 Å². The summed E-state index contributed by atoms with van der Waals surface area (Å²) in [6.45, 7) is 3.19. The van der Waals surface area contributed by atoms with Crippen LogP contribution in [0.5, 0.6) is 0 Å². The highest BCUT2D eigenvalue weighted by Crippen LogP contribution is 2.15. The van der Waals surface area contributed by atoms with E-state index in [1.807, 2.05) is 0 Å².